The molecule has 1 spiro atoms. The molecule has 9 heteroatoms. The van der Waals surface area contributed by atoms with Gasteiger partial charge in [-0.2, -0.15) is 13.2 Å². The fourth-order valence-corrected chi connectivity index (χ4v) is 5.19. The van der Waals surface area contributed by atoms with Crippen molar-refractivity contribution in [2.75, 3.05) is 36.5 Å². The zero-order chi connectivity index (χ0) is 23.7. The summed E-state index contributed by atoms with van der Waals surface area (Å²) in [6.07, 6.45) is -0.936. The van der Waals surface area contributed by atoms with Crippen molar-refractivity contribution in [1.82, 2.24) is 14.6 Å². The van der Waals surface area contributed by atoms with E-state index in [9.17, 15) is 13.2 Å². The highest BCUT2D eigenvalue weighted by atomic mass is 19.4. The predicted octanol–water partition coefficient (Wildman–Crippen LogP) is 5.22. The smallest absolute Gasteiger partial charge is 0.380 e. The number of alkyl halides is 3. The molecule has 0 saturated carbocycles. The molecular weight excluding hydrogens is 443 g/mol. The number of halogens is 3. The van der Waals surface area contributed by atoms with E-state index in [1.807, 2.05) is 13.0 Å². The maximum atomic E-state index is 13.5. The fraction of sp³-hybridized carbons (Fsp3) is 0.360. The SMILES string of the molecule is Cc1c(C(C)Nc2nn3ccnc3c3ccc(N4CC5(COC5)C4)cc23)cccc1C(F)(F)F. The normalized spacial score (nSPS) is 18.2. The second kappa shape index (κ2) is 7.33. The lowest BCUT2D eigenvalue weighted by molar-refractivity contribution is -0.138. The number of nitrogens with zero attached hydrogens (tertiary/aromatic N) is 4. The third-order valence-electron chi connectivity index (χ3n) is 7.06. The quantitative estimate of drug-likeness (QED) is 0.446. The van der Waals surface area contributed by atoms with Crippen molar-refractivity contribution in [3.8, 4) is 0 Å². The Balaban J connectivity index is 1.39. The van der Waals surface area contributed by atoms with E-state index in [0.29, 0.717) is 11.4 Å². The largest absolute Gasteiger partial charge is 0.416 e. The van der Waals surface area contributed by atoms with Gasteiger partial charge in [-0.15, -0.1) is 5.10 Å². The average molecular weight is 467 g/mol. The van der Waals surface area contributed by atoms with E-state index >= 15 is 0 Å². The number of rotatable bonds is 4. The van der Waals surface area contributed by atoms with E-state index in [1.54, 1.807) is 23.0 Å². The van der Waals surface area contributed by atoms with Crippen LogP contribution in [0.25, 0.3) is 16.4 Å². The van der Waals surface area contributed by atoms with E-state index in [2.05, 4.69) is 27.3 Å². The Labute approximate surface area is 194 Å². The van der Waals surface area contributed by atoms with Crippen molar-refractivity contribution < 1.29 is 17.9 Å². The molecule has 2 saturated heterocycles. The summed E-state index contributed by atoms with van der Waals surface area (Å²) in [5, 5.41) is 9.91. The highest BCUT2D eigenvalue weighted by molar-refractivity contribution is 6.01. The van der Waals surface area contributed by atoms with Crippen LogP contribution in [0, 0.1) is 12.3 Å². The van der Waals surface area contributed by atoms with Gasteiger partial charge in [-0.25, -0.2) is 9.50 Å². The summed E-state index contributed by atoms with van der Waals surface area (Å²) in [6, 6.07) is 10.1. The van der Waals surface area contributed by atoms with Crippen LogP contribution < -0.4 is 10.2 Å². The first-order valence-electron chi connectivity index (χ1n) is 11.3. The number of anilines is 2. The van der Waals surface area contributed by atoms with Gasteiger partial charge in [0.2, 0.25) is 0 Å². The first-order valence-corrected chi connectivity index (χ1v) is 11.3. The third kappa shape index (κ3) is 3.29. The zero-order valence-corrected chi connectivity index (χ0v) is 18.9. The van der Waals surface area contributed by atoms with Crippen LogP contribution in [0.2, 0.25) is 0 Å². The molecule has 6 rings (SSSR count). The maximum Gasteiger partial charge on any atom is 0.416 e. The molecule has 2 aromatic heterocycles. The predicted molar refractivity (Wildman–Crippen MR) is 124 cm³/mol. The van der Waals surface area contributed by atoms with Gasteiger partial charge < -0.3 is 15.0 Å². The van der Waals surface area contributed by atoms with Crippen molar-refractivity contribution in [3.05, 3.63) is 65.5 Å². The van der Waals surface area contributed by atoms with Gasteiger partial charge in [-0.1, -0.05) is 12.1 Å². The standard InChI is InChI=1S/C25H24F3N5O/c1-15-18(4-3-5-21(15)25(26,27)28)16(2)30-22-20-10-17(32-11-24(12-32)13-34-14-24)6-7-19(20)23-29-8-9-33(23)31-22/h3-10,16H,11-14H2,1-2H3,(H,30,31). The molecule has 4 heterocycles. The summed E-state index contributed by atoms with van der Waals surface area (Å²) in [7, 11) is 0. The van der Waals surface area contributed by atoms with Crippen LogP contribution in [0.15, 0.2) is 48.8 Å². The molecule has 0 aliphatic carbocycles. The van der Waals surface area contributed by atoms with Crippen LogP contribution in [-0.4, -0.2) is 40.9 Å². The summed E-state index contributed by atoms with van der Waals surface area (Å²) in [5.41, 5.74) is 2.31. The first kappa shape index (κ1) is 21.2. The second-order valence-corrected chi connectivity index (χ2v) is 9.51. The van der Waals surface area contributed by atoms with Crippen molar-refractivity contribution in [2.45, 2.75) is 26.1 Å². The Morgan fingerprint density at radius 1 is 1.12 bits per heavy atom. The monoisotopic (exact) mass is 467 g/mol. The van der Waals surface area contributed by atoms with Crippen LogP contribution in [0.4, 0.5) is 24.7 Å². The Morgan fingerprint density at radius 3 is 2.62 bits per heavy atom. The van der Waals surface area contributed by atoms with E-state index in [0.717, 1.165) is 54.5 Å². The van der Waals surface area contributed by atoms with E-state index in [-0.39, 0.29) is 17.0 Å². The van der Waals surface area contributed by atoms with Crippen LogP contribution in [0.3, 0.4) is 0 Å². The summed E-state index contributed by atoms with van der Waals surface area (Å²) >= 11 is 0. The fourth-order valence-electron chi connectivity index (χ4n) is 5.19. The third-order valence-corrected chi connectivity index (χ3v) is 7.06. The molecular formula is C25H24F3N5O. The van der Waals surface area contributed by atoms with Crippen LogP contribution >= 0.6 is 0 Å². The Morgan fingerprint density at radius 2 is 1.91 bits per heavy atom. The van der Waals surface area contributed by atoms with Gasteiger partial charge >= 0.3 is 6.18 Å². The number of hydrogen-bond acceptors (Lipinski definition) is 5. The molecule has 0 amide bonds. The van der Waals surface area contributed by atoms with E-state index in [4.69, 9.17) is 9.84 Å². The molecule has 2 aliphatic rings. The molecule has 1 atom stereocenters. The minimum Gasteiger partial charge on any atom is -0.380 e. The van der Waals surface area contributed by atoms with Gasteiger partial charge in [0, 0.05) is 41.9 Å². The second-order valence-electron chi connectivity index (χ2n) is 9.51. The minimum atomic E-state index is -4.39. The Bertz CT molecular complexity index is 1400. The van der Waals surface area contributed by atoms with Gasteiger partial charge in [-0.05, 0) is 49.2 Å². The van der Waals surface area contributed by atoms with E-state index in [1.165, 1.54) is 13.0 Å². The van der Waals surface area contributed by atoms with Crippen molar-refractivity contribution >= 4 is 27.9 Å². The Kier molecular flexibility index (Phi) is 4.58. The molecule has 6 nitrogen and oxygen atoms in total. The number of imidazole rings is 1. The highest BCUT2D eigenvalue weighted by Crippen LogP contribution is 2.42. The topological polar surface area (TPSA) is 54.7 Å². The van der Waals surface area contributed by atoms with Gasteiger partial charge in [-0.3, -0.25) is 0 Å². The number of aromatic nitrogens is 3. The molecule has 0 bridgehead atoms. The molecule has 2 fully saturated rings. The van der Waals surface area contributed by atoms with E-state index < -0.39 is 11.7 Å². The molecule has 1 N–H and O–H groups in total. The van der Waals surface area contributed by atoms with Gasteiger partial charge in [0.05, 0.1) is 30.2 Å². The summed E-state index contributed by atoms with van der Waals surface area (Å²) in [5.74, 6) is 0.605. The van der Waals surface area contributed by atoms with Crippen LogP contribution in [0.5, 0.6) is 0 Å². The van der Waals surface area contributed by atoms with Crippen LogP contribution in [-0.2, 0) is 10.9 Å². The summed E-state index contributed by atoms with van der Waals surface area (Å²) in [4.78, 5) is 6.77. The molecule has 176 valence electrons. The molecule has 4 aromatic rings. The molecule has 0 radical (unpaired) electrons. The number of benzene rings is 2. The van der Waals surface area contributed by atoms with Crippen molar-refractivity contribution in [1.29, 1.82) is 0 Å². The van der Waals surface area contributed by atoms with Crippen molar-refractivity contribution in [3.63, 3.8) is 0 Å². The summed E-state index contributed by atoms with van der Waals surface area (Å²) < 4.78 is 47.4. The lowest BCUT2D eigenvalue weighted by atomic mass is 9.77. The van der Waals surface area contributed by atoms with Gasteiger partial charge in [0.1, 0.15) is 0 Å². The lowest BCUT2D eigenvalue weighted by Gasteiger charge is -2.56. The van der Waals surface area contributed by atoms with Crippen LogP contribution in [0.1, 0.15) is 29.7 Å². The number of fused-ring (bicyclic) bond motifs is 3. The molecule has 2 aliphatic heterocycles. The Hall–Kier alpha value is -3.33. The highest BCUT2D eigenvalue weighted by Gasteiger charge is 2.49. The minimum absolute atomic E-state index is 0.220. The lowest BCUT2D eigenvalue weighted by Crippen LogP contribution is -2.66. The number of hydrogen-bond donors (Lipinski definition) is 1. The molecule has 34 heavy (non-hydrogen) atoms. The van der Waals surface area contributed by atoms with Crippen molar-refractivity contribution in [2.24, 2.45) is 5.41 Å². The number of ether oxygens (including phenoxy) is 1. The maximum absolute atomic E-state index is 13.5. The summed E-state index contributed by atoms with van der Waals surface area (Å²) in [6.45, 7) is 6.92. The number of nitrogens with one attached hydrogen (secondary N) is 1. The van der Waals surface area contributed by atoms with Gasteiger partial charge in [0.15, 0.2) is 11.5 Å². The first-order chi connectivity index (χ1) is 16.2. The molecule has 2 aromatic carbocycles. The molecule has 1 unspecified atom stereocenters. The zero-order valence-electron chi connectivity index (χ0n) is 18.9. The average Bonchev–Trinajstić information content (AvgIpc) is 3.19. The van der Waals surface area contributed by atoms with Gasteiger partial charge in [0.25, 0.3) is 0 Å².